The van der Waals surface area contributed by atoms with Crippen LogP contribution in [0.1, 0.15) is 37.9 Å². The average molecular weight is 262 g/mol. The summed E-state index contributed by atoms with van der Waals surface area (Å²) >= 11 is 0. The summed E-state index contributed by atoms with van der Waals surface area (Å²) in [6.45, 7) is 6.73. The summed E-state index contributed by atoms with van der Waals surface area (Å²) in [6, 6.07) is 9.66. The van der Waals surface area contributed by atoms with Gasteiger partial charge in [0.25, 0.3) is 0 Å². The van der Waals surface area contributed by atoms with E-state index in [0.29, 0.717) is 18.7 Å². The lowest BCUT2D eigenvalue weighted by molar-refractivity contribution is 0.00560. The molecule has 0 amide bonds. The first-order valence-corrected chi connectivity index (χ1v) is 6.56. The monoisotopic (exact) mass is 262 g/mol. The number of rotatable bonds is 7. The van der Waals surface area contributed by atoms with Gasteiger partial charge in [-0.1, -0.05) is 12.1 Å². The van der Waals surface area contributed by atoms with Crippen molar-refractivity contribution in [3.8, 4) is 6.07 Å². The Balaban J connectivity index is 2.37. The fraction of sp³-hybridized carbons (Fsp3) is 0.533. The minimum Gasteiger partial charge on any atom is -0.389 e. The van der Waals surface area contributed by atoms with Gasteiger partial charge < -0.3 is 15.2 Å². The molecule has 0 bridgehead atoms. The molecular weight excluding hydrogens is 240 g/mol. The van der Waals surface area contributed by atoms with Crippen molar-refractivity contribution in [1.29, 1.82) is 5.26 Å². The van der Waals surface area contributed by atoms with Gasteiger partial charge in [0.05, 0.1) is 30.4 Å². The lowest BCUT2D eigenvalue weighted by Crippen LogP contribution is -2.32. The van der Waals surface area contributed by atoms with E-state index < -0.39 is 6.10 Å². The molecule has 2 unspecified atom stereocenters. The highest BCUT2D eigenvalue weighted by atomic mass is 16.5. The molecule has 0 spiro atoms. The maximum atomic E-state index is 9.75. The molecule has 4 heteroatoms. The highest BCUT2D eigenvalue weighted by Crippen LogP contribution is 2.12. The van der Waals surface area contributed by atoms with Crippen LogP contribution in [0.25, 0.3) is 0 Å². The van der Waals surface area contributed by atoms with Gasteiger partial charge in [-0.05, 0) is 38.5 Å². The second kappa shape index (κ2) is 7.90. The molecule has 0 heterocycles. The third-order valence-electron chi connectivity index (χ3n) is 2.82. The third-order valence-corrected chi connectivity index (χ3v) is 2.82. The van der Waals surface area contributed by atoms with Crippen LogP contribution in [-0.4, -0.2) is 30.5 Å². The van der Waals surface area contributed by atoms with E-state index in [2.05, 4.69) is 11.4 Å². The molecular formula is C15H22N2O2. The van der Waals surface area contributed by atoms with Crippen molar-refractivity contribution in [3.63, 3.8) is 0 Å². The second-order valence-corrected chi connectivity index (χ2v) is 4.90. The second-order valence-electron chi connectivity index (χ2n) is 4.90. The summed E-state index contributed by atoms with van der Waals surface area (Å²) in [5.41, 5.74) is 1.75. The van der Waals surface area contributed by atoms with Crippen LogP contribution in [0.5, 0.6) is 0 Å². The molecule has 2 atom stereocenters. The maximum absolute atomic E-state index is 9.75. The lowest BCUT2D eigenvalue weighted by atomic mass is 10.1. The first kappa shape index (κ1) is 15.6. The normalized spacial score (nSPS) is 14.1. The van der Waals surface area contributed by atoms with Crippen LogP contribution in [0, 0.1) is 11.3 Å². The Bertz CT molecular complexity index is 409. The molecule has 0 aliphatic carbocycles. The average Bonchev–Trinajstić information content (AvgIpc) is 2.42. The number of nitrogens with zero attached hydrogens (tertiary/aromatic N) is 1. The number of benzene rings is 1. The van der Waals surface area contributed by atoms with Crippen molar-refractivity contribution >= 4 is 0 Å². The van der Waals surface area contributed by atoms with Crippen LogP contribution >= 0.6 is 0 Å². The van der Waals surface area contributed by atoms with Gasteiger partial charge in [0.15, 0.2) is 0 Å². The van der Waals surface area contributed by atoms with Crippen LogP contribution in [-0.2, 0) is 4.74 Å². The minimum absolute atomic E-state index is 0.126. The zero-order valence-corrected chi connectivity index (χ0v) is 11.8. The molecule has 1 rings (SSSR count). The molecule has 0 fully saturated rings. The quantitative estimate of drug-likeness (QED) is 0.788. The fourth-order valence-corrected chi connectivity index (χ4v) is 1.64. The van der Waals surface area contributed by atoms with Gasteiger partial charge >= 0.3 is 0 Å². The van der Waals surface area contributed by atoms with E-state index in [1.165, 1.54) is 0 Å². The van der Waals surface area contributed by atoms with Crippen LogP contribution < -0.4 is 5.32 Å². The van der Waals surface area contributed by atoms with Gasteiger partial charge in [-0.25, -0.2) is 0 Å². The molecule has 0 aromatic heterocycles. The van der Waals surface area contributed by atoms with Crippen LogP contribution in [0.4, 0.5) is 0 Å². The molecule has 2 N–H and O–H groups in total. The van der Waals surface area contributed by atoms with E-state index >= 15 is 0 Å². The zero-order chi connectivity index (χ0) is 14.3. The maximum Gasteiger partial charge on any atom is 0.0991 e. The van der Waals surface area contributed by atoms with Crippen LogP contribution in [0.15, 0.2) is 24.3 Å². The molecule has 0 saturated heterocycles. The summed E-state index contributed by atoms with van der Waals surface area (Å²) in [7, 11) is 0. The van der Waals surface area contributed by atoms with Gasteiger partial charge in [0.1, 0.15) is 0 Å². The number of ether oxygens (including phenoxy) is 1. The number of nitriles is 1. The molecule has 0 radical (unpaired) electrons. The van der Waals surface area contributed by atoms with Crippen molar-refractivity contribution in [2.45, 2.75) is 39.0 Å². The van der Waals surface area contributed by atoms with E-state index in [4.69, 9.17) is 10.00 Å². The van der Waals surface area contributed by atoms with E-state index in [-0.39, 0.29) is 12.1 Å². The molecule has 104 valence electrons. The third kappa shape index (κ3) is 5.84. The molecule has 4 nitrogen and oxygen atoms in total. The molecule has 0 aliphatic heterocycles. The summed E-state index contributed by atoms with van der Waals surface area (Å²) < 4.78 is 5.35. The smallest absolute Gasteiger partial charge is 0.0991 e. The first-order valence-electron chi connectivity index (χ1n) is 6.56. The fourth-order valence-electron chi connectivity index (χ4n) is 1.64. The highest BCUT2D eigenvalue weighted by Gasteiger charge is 2.09. The lowest BCUT2D eigenvalue weighted by Gasteiger charge is -2.18. The van der Waals surface area contributed by atoms with E-state index in [0.717, 1.165) is 5.56 Å². The molecule has 1 aromatic carbocycles. The Kier molecular flexibility index (Phi) is 6.51. The number of aliphatic hydroxyl groups is 1. The molecule has 19 heavy (non-hydrogen) atoms. The SMILES string of the molecule is CC(C)OCC(O)CNC(C)c1ccc(C#N)cc1. The predicted molar refractivity (Wildman–Crippen MR) is 74.7 cm³/mol. The summed E-state index contributed by atoms with van der Waals surface area (Å²) in [5, 5.41) is 21.7. The molecule has 1 aromatic rings. The van der Waals surface area contributed by atoms with Crippen molar-refractivity contribution in [3.05, 3.63) is 35.4 Å². The molecule has 0 saturated carbocycles. The summed E-state index contributed by atoms with van der Waals surface area (Å²) in [5.74, 6) is 0. The van der Waals surface area contributed by atoms with Crippen molar-refractivity contribution in [1.82, 2.24) is 5.32 Å². The topological polar surface area (TPSA) is 65.3 Å². The van der Waals surface area contributed by atoms with Gasteiger partial charge in [0, 0.05) is 12.6 Å². The Morgan fingerprint density at radius 1 is 1.26 bits per heavy atom. The van der Waals surface area contributed by atoms with Gasteiger partial charge in [-0.15, -0.1) is 0 Å². The van der Waals surface area contributed by atoms with E-state index in [9.17, 15) is 5.11 Å². The number of hydrogen-bond donors (Lipinski definition) is 2. The van der Waals surface area contributed by atoms with Gasteiger partial charge in [-0.3, -0.25) is 0 Å². The first-order chi connectivity index (χ1) is 9.02. The van der Waals surface area contributed by atoms with Crippen LogP contribution in [0.3, 0.4) is 0 Å². The Morgan fingerprint density at radius 2 is 1.89 bits per heavy atom. The van der Waals surface area contributed by atoms with Crippen LogP contribution in [0.2, 0.25) is 0 Å². The Morgan fingerprint density at radius 3 is 2.42 bits per heavy atom. The number of hydrogen-bond acceptors (Lipinski definition) is 4. The zero-order valence-electron chi connectivity index (χ0n) is 11.8. The summed E-state index contributed by atoms with van der Waals surface area (Å²) in [6.07, 6.45) is -0.381. The predicted octanol–water partition coefficient (Wildman–Crippen LogP) is 1.99. The standard InChI is InChI=1S/C15H22N2O2/c1-11(2)19-10-15(18)9-17-12(3)14-6-4-13(8-16)5-7-14/h4-7,11-12,15,17-18H,9-10H2,1-3H3. The minimum atomic E-state index is -0.511. The Labute approximate surface area is 115 Å². The molecule has 0 aliphatic rings. The highest BCUT2D eigenvalue weighted by molar-refractivity contribution is 5.32. The van der Waals surface area contributed by atoms with Crippen molar-refractivity contribution in [2.24, 2.45) is 0 Å². The van der Waals surface area contributed by atoms with Crippen molar-refractivity contribution < 1.29 is 9.84 Å². The van der Waals surface area contributed by atoms with E-state index in [1.807, 2.05) is 32.9 Å². The Hall–Kier alpha value is -1.41. The largest absolute Gasteiger partial charge is 0.389 e. The van der Waals surface area contributed by atoms with Gasteiger partial charge in [0.2, 0.25) is 0 Å². The van der Waals surface area contributed by atoms with Gasteiger partial charge in [-0.2, -0.15) is 5.26 Å². The number of aliphatic hydroxyl groups excluding tert-OH is 1. The summed E-state index contributed by atoms with van der Waals surface area (Å²) in [4.78, 5) is 0. The van der Waals surface area contributed by atoms with E-state index in [1.54, 1.807) is 12.1 Å². The number of nitrogens with one attached hydrogen (secondary N) is 1. The van der Waals surface area contributed by atoms with Crippen molar-refractivity contribution in [2.75, 3.05) is 13.2 Å².